The first-order chi connectivity index (χ1) is 9.87. The normalized spacial score (nSPS) is 15.3. The number of ether oxygens (including phenoxy) is 1. The van der Waals surface area contributed by atoms with Crippen LogP contribution in [0.5, 0.6) is 0 Å². The highest BCUT2D eigenvalue weighted by molar-refractivity contribution is 5.67. The monoisotopic (exact) mass is 323 g/mol. The third-order valence-electron chi connectivity index (χ3n) is 2.82. The molecule has 6 nitrogen and oxygen atoms in total. The Labute approximate surface area is 126 Å². The lowest BCUT2D eigenvalue weighted by Crippen LogP contribution is -2.47. The molecule has 0 bridgehead atoms. The van der Waals surface area contributed by atoms with Gasteiger partial charge in [-0.3, -0.25) is 0 Å². The number of halogens is 3. The fourth-order valence-electron chi connectivity index (χ4n) is 1.80. The van der Waals surface area contributed by atoms with Gasteiger partial charge in [-0.1, -0.05) is 0 Å². The van der Waals surface area contributed by atoms with Gasteiger partial charge >= 0.3 is 12.3 Å². The topological polar surface area (TPSA) is 76.4 Å². The van der Waals surface area contributed by atoms with Crippen LogP contribution >= 0.6 is 0 Å². The summed E-state index contributed by atoms with van der Waals surface area (Å²) in [6, 6.07) is 0. The van der Waals surface area contributed by atoms with E-state index in [-0.39, 0.29) is 0 Å². The van der Waals surface area contributed by atoms with Crippen LogP contribution in [-0.4, -0.2) is 39.1 Å². The SMILES string of the molecule is Cn1ccnc1C(O)(CCNC(=O)OC(C)(C)C)C(F)(F)F. The summed E-state index contributed by atoms with van der Waals surface area (Å²) in [5, 5.41) is 12.2. The van der Waals surface area contributed by atoms with Crippen molar-refractivity contribution < 1.29 is 27.8 Å². The number of aliphatic hydroxyl groups is 1. The molecule has 1 aromatic heterocycles. The maximum atomic E-state index is 13.2. The molecule has 0 aliphatic carbocycles. The van der Waals surface area contributed by atoms with E-state index in [1.807, 2.05) is 0 Å². The molecule has 0 saturated carbocycles. The van der Waals surface area contributed by atoms with Crippen LogP contribution in [0.25, 0.3) is 0 Å². The Bertz CT molecular complexity index is 523. The number of hydrogen-bond acceptors (Lipinski definition) is 4. The van der Waals surface area contributed by atoms with Gasteiger partial charge < -0.3 is 19.7 Å². The fourth-order valence-corrected chi connectivity index (χ4v) is 1.80. The van der Waals surface area contributed by atoms with Crippen LogP contribution in [0.3, 0.4) is 0 Å². The van der Waals surface area contributed by atoms with E-state index in [1.165, 1.54) is 13.2 Å². The van der Waals surface area contributed by atoms with Crippen molar-refractivity contribution in [3.8, 4) is 0 Å². The van der Waals surface area contributed by atoms with Crippen LogP contribution in [0.15, 0.2) is 12.4 Å². The molecule has 0 radical (unpaired) electrons. The summed E-state index contributed by atoms with van der Waals surface area (Å²) >= 11 is 0. The minimum absolute atomic E-state index is 0.419. The first kappa shape index (κ1) is 18.3. The van der Waals surface area contributed by atoms with Gasteiger partial charge in [-0.25, -0.2) is 9.78 Å². The van der Waals surface area contributed by atoms with Gasteiger partial charge in [-0.15, -0.1) is 0 Å². The summed E-state index contributed by atoms with van der Waals surface area (Å²) in [4.78, 5) is 15.0. The summed E-state index contributed by atoms with van der Waals surface area (Å²) < 4.78 is 45.6. The van der Waals surface area contributed by atoms with E-state index in [4.69, 9.17) is 4.74 Å². The maximum absolute atomic E-state index is 13.2. The largest absolute Gasteiger partial charge is 0.444 e. The molecule has 0 aliphatic rings. The second-order valence-corrected chi connectivity index (χ2v) is 5.90. The van der Waals surface area contributed by atoms with Gasteiger partial charge in [0.1, 0.15) is 11.4 Å². The van der Waals surface area contributed by atoms with Gasteiger partial charge in [0, 0.05) is 32.4 Å². The van der Waals surface area contributed by atoms with Crippen LogP contribution in [0.2, 0.25) is 0 Å². The molecule has 9 heteroatoms. The second kappa shape index (κ2) is 6.15. The minimum atomic E-state index is -4.93. The third-order valence-corrected chi connectivity index (χ3v) is 2.82. The van der Waals surface area contributed by atoms with Crippen molar-refractivity contribution in [3.63, 3.8) is 0 Å². The number of carbonyl (C=O) groups excluding carboxylic acids is 1. The highest BCUT2D eigenvalue weighted by atomic mass is 19.4. The number of imidazole rings is 1. The number of alkyl carbamates (subject to hydrolysis) is 1. The van der Waals surface area contributed by atoms with E-state index in [0.717, 1.165) is 10.8 Å². The number of rotatable bonds is 4. The van der Waals surface area contributed by atoms with Gasteiger partial charge in [-0.05, 0) is 20.8 Å². The third kappa shape index (κ3) is 4.36. The number of alkyl halides is 3. The average Bonchev–Trinajstić information content (AvgIpc) is 2.71. The summed E-state index contributed by atoms with van der Waals surface area (Å²) in [5.74, 6) is -0.536. The van der Waals surface area contributed by atoms with Crippen LogP contribution < -0.4 is 5.32 Å². The Morgan fingerprint density at radius 2 is 2.00 bits per heavy atom. The van der Waals surface area contributed by atoms with Crippen LogP contribution in [0.1, 0.15) is 33.0 Å². The van der Waals surface area contributed by atoms with Crippen molar-refractivity contribution in [2.45, 2.75) is 44.6 Å². The lowest BCUT2D eigenvalue weighted by molar-refractivity contribution is -0.272. The molecule has 0 aromatic carbocycles. The minimum Gasteiger partial charge on any atom is -0.444 e. The molecule has 0 fully saturated rings. The van der Waals surface area contributed by atoms with Gasteiger partial charge in [0.15, 0.2) is 0 Å². The number of carbonyl (C=O) groups is 1. The number of amides is 1. The number of hydrogen-bond donors (Lipinski definition) is 2. The Kier molecular flexibility index (Phi) is 5.11. The molecule has 2 N–H and O–H groups in total. The Balaban J connectivity index is 2.77. The molecular weight excluding hydrogens is 303 g/mol. The van der Waals surface area contributed by atoms with E-state index in [9.17, 15) is 23.1 Å². The molecule has 1 atom stereocenters. The predicted octanol–water partition coefficient (Wildman–Crippen LogP) is 2.08. The highest BCUT2D eigenvalue weighted by Crippen LogP contribution is 2.40. The van der Waals surface area contributed by atoms with Gasteiger partial charge in [0.2, 0.25) is 5.60 Å². The first-order valence-electron chi connectivity index (χ1n) is 6.60. The van der Waals surface area contributed by atoms with Crippen molar-refractivity contribution in [2.24, 2.45) is 7.05 Å². The molecule has 1 unspecified atom stereocenters. The molecule has 0 spiro atoms. The predicted molar refractivity (Wildman–Crippen MR) is 72.0 cm³/mol. The molecule has 126 valence electrons. The molecule has 1 amide bonds. The van der Waals surface area contributed by atoms with Crippen LogP contribution in [0, 0.1) is 0 Å². The first-order valence-corrected chi connectivity index (χ1v) is 6.60. The molecule has 22 heavy (non-hydrogen) atoms. The smallest absolute Gasteiger partial charge is 0.424 e. The lowest BCUT2D eigenvalue weighted by atomic mass is 9.97. The zero-order chi connectivity index (χ0) is 17.2. The van der Waals surface area contributed by atoms with E-state index in [0.29, 0.717) is 0 Å². The Morgan fingerprint density at radius 3 is 2.41 bits per heavy atom. The van der Waals surface area contributed by atoms with Gasteiger partial charge in [-0.2, -0.15) is 13.2 Å². The molecule has 1 heterocycles. The molecule has 1 aromatic rings. The van der Waals surface area contributed by atoms with Crippen LogP contribution in [0.4, 0.5) is 18.0 Å². The summed E-state index contributed by atoms with van der Waals surface area (Å²) in [5.41, 5.74) is -3.91. The van der Waals surface area contributed by atoms with E-state index in [1.54, 1.807) is 20.8 Å². The quantitative estimate of drug-likeness (QED) is 0.889. The van der Waals surface area contributed by atoms with Gasteiger partial charge in [0.05, 0.1) is 0 Å². The maximum Gasteiger partial charge on any atom is 0.424 e. The zero-order valence-electron chi connectivity index (χ0n) is 12.9. The van der Waals surface area contributed by atoms with Crippen molar-refractivity contribution in [3.05, 3.63) is 18.2 Å². The number of nitrogens with one attached hydrogen (secondary N) is 1. The number of aryl methyl sites for hydroxylation is 1. The van der Waals surface area contributed by atoms with Crippen molar-refractivity contribution in [2.75, 3.05) is 6.54 Å². The Hall–Kier alpha value is -1.77. The number of nitrogens with zero attached hydrogens (tertiary/aromatic N) is 2. The highest BCUT2D eigenvalue weighted by Gasteiger charge is 2.57. The van der Waals surface area contributed by atoms with Crippen molar-refractivity contribution in [1.29, 1.82) is 0 Å². The fraction of sp³-hybridized carbons (Fsp3) is 0.692. The molecule has 0 aliphatic heterocycles. The number of aromatic nitrogens is 2. The lowest BCUT2D eigenvalue weighted by Gasteiger charge is -2.30. The van der Waals surface area contributed by atoms with Crippen molar-refractivity contribution >= 4 is 6.09 Å². The van der Waals surface area contributed by atoms with Crippen LogP contribution in [-0.2, 0) is 17.4 Å². The molecular formula is C13H20F3N3O3. The van der Waals surface area contributed by atoms with Gasteiger partial charge in [0.25, 0.3) is 0 Å². The van der Waals surface area contributed by atoms with Crippen molar-refractivity contribution in [1.82, 2.24) is 14.9 Å². The van der Waals surface area contributed by atoms with E-state index in [2.05, 4.69) is 10.3 Å². The Morgan fingerprint density at radius 1 is 1.41 bits per heavy atom. The zero-order valence-corrected chi connectivity index (χ0v) is 12.9. The summed E-state index contributed by atoms with van der Waals surface area (Å²) in [7, 11) is 1.35. The summed E-state index contributed by atoms with van der Waals surface area (Å²) in [6.07, 6.45) is -4.10. The molecule has 1 rings (SSSR count). The summed E-state index contributed by atoms with van der Waals surface area (Å²) in [6.45, 7) is 4.48. The average molecular weight is 323 g/mol. The van der Waals surface area contributed by atoms with E-state index < -0.39 is 42.3 Å². The molecule has 0 saturated heterocycles. The standard InChI is InChI=1S/C13H20F3N3O3/c1-11(2,3)22-10(20)18-6-5-12(21,13(14,15)16)9-17-7-8-19(9)4/h7-8,21H,5-6H2,1-4H3,(H,18,20). The van der Waals surface area contributed by atoms with E-state index >= 15 is 0 Å². The second-order valence-electron chi connectivity index (χ2n) is 5.90.